The summed E-state index contributed by atoms with van der Waals surface area (Å²) in [5.74, 6) is -0.296. The molecule has 0 unspecified atom stereocenters. The Kier molecular flexibility index (Phi) is 3.85. The number of hydrogen-bond acceptors (Lipinski definition) is 4. The van der Waals surface area contributed by atoms with E-state index in [2.05, 4.69) is 4.99 Å². The Morgan fingerprint density at radius 3 is 2.23 bits per heavy atom. The lowest BCUT2D eigenvalue weighted by molar-refractivity contribution is 0.104. The first kappa shape index (κ1) is 14.2. The quantitative estimate of drug-likeness (QED) is 0.851. The molecule has 2 aromatic carbocycles. The predicted molar refractivity (Wildman–Crippen MR) is 85.3 cm³/mol. The molecule has 0 saturated heterocycles. The molecule has 0 radical (unpaired) electrons. The summed E-state index contributed by atoms with van der Waals surface area (Å²) in [6.45, 7) is 0.0517. The number of nitrogens with zero attached hydrogens (tertiary/aromatic N) is 1. The number of carbonyl (C=O) groups is 1. The molecule has 0 bridgehead atoms. The Morgan fingerprint density at radius 1 is 0.955 bits per heavy atom. The lowest BCUT2D eigenvalue weighted by Gasteiger charge is -2.08. The van der Waals surface area contributed by atoms with Crippen molar-refractivity contribution in [1.82, 2.24) is 0 Å². The molecule has 0 saturated carbocycles. The minimum absolute atomic E-state index is 0.0545. The molecule has 0 atom stereocenters. The highest BCUT2D eigenvalue weighted by molar-refractivity contribution is 6.39. The SMILES string of the molecule is O=C1C(C(=NCCO)c2ccccc2)=C(O)c2ccccc21. The number of aliphatic imine (C=N–C) groups is 1. The van der Waals surface area contributed by atoms with Gasteiger partial charge in [-0.2, -0.15) is 0 Å². The Hall–Kier alpha value is -2.72. The Balaban J connectivity index is 2.15. The molecule has 2 N–H and O–H groups in total. The Morgan fingerprint density at radius 2 is 1.59 bits per heavy atom. The summed E-state index contributed by atoms with van der Waals surface area (Å²) in [4.78, 5) is 16.9. The van der Waals surface area contributed by atoms with Gasteiger partial charge in [0.15, 0.2) is 5.78 Å². The van der Waals surface area contributed by atoms with E-state index in [1.165, 1.54) is 0 Å². The van der Waals surface area contributed by atoms with Crippen molar-refractivity contribution in [3.8, 4) is 0 Å². The van der Waals surface area contributed by atoms with Crippen LogP contribution in [0.1, 0.15) is 21.5 Å². The average Bonchev–Trinajstić information content (AvgIpc) is 2.82. The number of aliphatic hydroxyl groups is 2. The van der Waals surface area contributed by atoms with E-state index in [9.17, 15) is 9.90 Å². The number of allylic oxidation sites excluding steroid dienone is 1. The molecule has 3 rings (SSSR count). The number of benzene rings is 2. The van der Waals surface area contributed by atoms with Gasteiger partial charge < -0.3 is 10.2 Å². The van der Waals surface area contributed by atoms with Gasteiger partial charge in [0.25, 0.3) is 0 Å². The molecular weight excluding hydrogens is 278 g/mol. The molecular formula is C18H15NO3. The second-order valence-corrected chi connectivity index (χ2v) is 4.92. The van der Waals surface area contributed by atoms with Crippen LogP contribution < -0.4 is 0 Å². The van der Waals surface area contributed by atoms with Gasteiger partial charge in [0.2, 0.25) is 0 Å². The van der Waals surface area contributed by atoms with Gasteiger partial charge >= 0.3 is 0 Å². The minimum atomic E-state index is -0.242. The normalized spacial score (nSPS) is 14.4. The highest BCUT2D eigenvalue weighted by Crippen LogP contribution is 2.33. The summed E-state index contributed by atoms with van der Waals surface area (Å²) in [5, 5.41) is 19.5. The maximum Gasteiger partial charge on any atom is 0.199 e. The zero-order valence-electron chi connectivity index (χ0n) is 11.9. The summed E-state index contributed by atoms with van der Waals surface area (Å²) in [7, 11) is 0. The van der Waals surface area contributed by atoms with E-state index in [1.807, 2.05) is 30.3 Å². The van der Waals surface area contributed by atoms with E-state index >= 15 is 0 Å². The summed E-state index contributed by atoms with van der Waals surface area (Å²) < 4.78 is 0. The predicted octanol–water partition coefficient (Wildman–Crippen LogP) is 2.63. The number of aliphatic hydroxyl groups excluding tert-OH is 2. The molecule has 0 heterocycles. The molecule has 0 aromatic heterocycles. The van der Waals surface area contributed by atoms with Gasteiger partial charge in [-0.3, -0.25) is 9.79 Å². The summed E-state index contributed by atoms with van der Waals surface area (Å²) in [6.07, 6.45) is 0. The van der Waals surface area contributed by atoms with Crippen molar-refractivity contribution in [2.45, 2.75) is 0 Å². The maximum absolute atomic E-state index is 12.6. The first-order chi connectivity index (χ1) is 10.7. The summed E-state index contributed by atoms with van der Waals surface area (Å²) in [5.41, 5.74) is 2.34. The third-order valence-electron chi connectivity index (χ3n) is 3.54. The van der Waals surface area contributed by atoms with Gasteiger partial charge in [-0.1, -0.05) is 54.6 Å². The molecule has 0 spiro atoms. The number of ketones is 1. The van der Waals surface area contributed by atoms with Crippen LogP contribution in [0.3, 0.4) is 0 Å². The van der Waals surface area contributed by atoms with Gasteiger partial charge in [0.05, 0.1) is 24.4 Å². The van der Waals surface area contributed by atoms with Crippen molar-refractivity contribution >= 4 is 17.3 Å². The number of Topliss-reactive ketones (excluding diaryl/α,β-unsaturated/α-hetero) is 1. The van der Waals surface area contributed by atoms with E-state index < -0.39 is 0 Å². The molecule has 110 valence electrons. The van der Waals surface area contributed by atoms with Gasteiger partial charge in [-0.15, -0.1) is 0 Å². The summed E-state index contributed by atoms with van der Waals surface area (Å²) >= 11 is 0. The fraction of sp³-hybridized carbons (Fsp3) is 0.111. The van der Waals surface area contributed by atoms with Crippen LogP contribution in [0.15, 0.2) is 65.2 Å². The van der Waals surface area contributed by atoms with E-state index in [4.69, 9.17) is 5.11 Å². The molecule has 4 heteroatoms. The Labute approximate surface area is 128 Å². The van der Waals surface area contributed by atoms with Crippen molar-refractivity contribution in [2.24, 2.45) is 4.99 Å². The van der Waals surface area contributed by atoms with Crippen LogP contribution in [0.2, 0.25) is 0 Å². The van der Waals surface area contributed by atoms with Crippen LogP contribution in [0, 0.1) is 0 Å². The Bertz CT molecular complexity index is 776. The van der Waals surface area contributed by atoms with Crippen molar-refractivity contribution < 1.29 is 15.0 Å². The van der Waals surface area contributed by atoms with Gasteiger partial charge in [-0.05, 0) is 0 Å². The first-order valence-corrected chi connectivity index (χ1v) is 7.02. The number of fused-ring (bicyclic) bond motifs is 1. The number of rotatable bonds is 4. The van der Waals surface area contributed by atoms with E-state index in [1.54, 1.807) is 24.3 Å². The maximum atomic E-state index is 12.6. The van der Waals surface area contributed by atoms with E-state index in [-0.39, 0.29) is 30.3 Å². The van der Waals surface area contributed by atoms with Crippen LogP contribution in [0.4, 0.5) is 0 Å². The van der Waals surface area contributed by atoms with Crippen LogP contribution in [0.25, 0.3) is 5.76 Å². The monoisotopic (exact) mass is 293 g/mol. The largest absolute Gasteiger partial charge is 0.506 e. The molecule has 4 nitrogen and oxygen atoms in total. The molecule has 1 aliphatic carbocycles. The molecule has 0 aliphatic heterocycles. The van der Waals surface area contributed by atoms with Gasteiger partial charge in [-0.25, -0.2) is 0 Å². The van der Waals surface area contributed by atoms with Crippen molar-refractivity contribution in [1.29, 1.82) is 0 Å². The van der Waals surface area contributed by atoms with E-state index in [0.29, 0.717) is 16.8 Å². The highest BCUT2D eigenvalue weighted by Gasteiger charge is 2.32. The van der Waals surface area contributed by atoms with Crippen LogP contribution >= 0.6 is 0 Å². The van der Waals surface area contributed by atoms with Crippen molar-refractivity contribution in [2.75, 3.05) is 13.2 Å². The van der Waals surface area contributed by atoms with Gasteiger partial charge in [0, 0.05) is 16.7 Å². The smallest absolute Gasteiger partial charge is 0.199 e. The zero-order chi connectivity index (χ0) is 15.5. The zero-order valence-corrected chi connectivity index (χ0v) is 11.9. The van der Waals surface area contributed by atoms with Gasteiger partial charge in [0.1, 0.15) is 5.76 Å². The average molecular weight is 293 g/mol. The van der Waals surface area contributed by atoms with Crippen LogP contribution in [-0.2, 0) is 0 Å². The fourth-order valence-electron chi connectivity index (χ4n) is 2.56. The number of hydrogen-bond donors (Lipinski definition) is 2. The third-order valence-corrected chi connectivity index (χ3v) is 3.54. The lowest BCUT2D eigenvalue weighted by Crippen LogP contribution is -2.13. The van der Waals surface area contributed by atoms with Crippen molar-refractivity contribution in [3.05, 3.63) is 76.9 Å². The molecule has 0 fully saturated rings. The van der Waals surface area contributed by atoms with Crippen LogP contribution in [0.5, 0.6) is 0 Å². The number of carbonyl (C=O) groups excluding carboxylic acids is 1. The summed E-state index contributed by atoms with van der Waals surface area (Å²) in [6, 6.07) is 16.1. The van der Waals surface area contributed by atoms with E-state index in [0.717, 1.165) is 5.56 Å². The molecule has 2 aromatic rings. The molecule has 22 heavy (non-hydrogen) atoms. The second kappa shape index (κ2) is 5.95. The molecule has 0 amide bonds. The standard InChI is InChI=1S/C18H15NO3/c20-11-10-19-16(12-6-2-1-3-7-12)15-17(21)13-8-4-5-9-14(13)18(15)22/h1-9,20-21H,10-11H2. The fourth-order valence-corrected chi connectivity index (χ4v) is 2.56. The van der Waals surface area contributed by atoms with Crippen molar-refractivity contribution in [3.63, 3.8) is 0 Å². The minimum Gasteiger partial charge on any atom is -0.506 e. The third kappa shape index (κ3) is 2.34. The first-order valence-electron chi connectivity index (χ1n) is 7.02. The topological polar surface area (TPSA) is 69.9 Å². The van der Waals surface area contributed by atoms with Crippen LogP contribution in [-0.4, -0.2) is 34.9 Å². The second-order valence-electron chi connectivity index (χ2n) is 4.92. The highest BCUT2D eigenvalue weighted by atomic mass is 16.3. The lowest BCUT2D eigenvalue weighted by atomic mass is 9.99. The molecule has 1 aliphatic rings.